The number of carboxylic acid groups (broad SMARTS) is 1. The highest BCUT2D eigenvalue weighted by molar-refractivity contribution is 7.97. The average molecular weight is 725 g/mol. The predicted octanol–water partition coefficient (Wildman–Crippen LogP) is 2.52. The minimum atomic E-state index is -1.15. The maximum absolute atomic E-state index is 13.2. The molecule has 0 unspecified atom stereocenters. The van der Waals surface area contributed by atoms with E-state index in [0.29, 0.717) is 57.3 Å². The van der Waals surface area contributed by atoms with Gasteiger partial charge in [0, 0.05) is 31.0 Å². The number of carbonyl (C=O) groups excluding carboxylic acids is 3. The minimum absolute atomic E-state index is 0.116. The summed E-state index contributed by atoms with van der Waals surface area (Å²) in [6.45, 7) is 1.76. The second-order valence-corrected chi connectivity index (χ2v) is 12.2. The zero-order valence-corrected chi connectivity index (χ0v) is 28.6. The number of hydroxylamine groups is 1. The number of carboxylic acids is 1. The molecule has 2 aromatic carbocycles. The average Bonchev–Trinajstić information content (AvgIpc) is 3.61. The maximum atomic E-state index is 13.2. The standard InChI is InChI=1S/C33H45FN4O11S/c34-25-3-5-26(6-4-25)49-27-7-9-28(10-8-27)50-38(33(32(43)37-44)12-1-2-13-33)16-11-29(39)35-14-17-45-19-21-47-22-20-46-18-15-36-30(40)23-48-24-31(41)42/h3-10,44H,1-2,11-24H2,(H,35,39)(H,36,40)(H,37,43)(H,41,42). The van der Waals surface area contributed by atoms with Gasteiger partial charge in [-0.15, -0.1) is 0 Å². The van der Waals surface area contributed by atoms with Crippen LogP contribution in [0.1, 0.15) is 32.1 Å². The van der Waals surface area contributed by atoms with Gasteiger partial charge >= 0.3 is 5.97 Å². The fraction of sp³-hybridized carbons (Fsp3) is 0.515. The maximum Gasteiger partial charge on any atom is 0.329 e. The van der Waals surface area contributed by atoms with Crippen LogP contribution in [-0.4, -0.2) is 116 Å². The Morgan fingerprint density at radius 3 is 1.86 bits per heavy atom. The zero-order chi connectivity index (χ0) is 36.0. The number of hydrogen-bond donors (Lipinski definition) is 5. The van der Waals surface area contributed by atoms with E-state index in [-0.39, 0.29) is 51.1 Å². The number of amides is 3. The lowest BCUT2D eigenvalue weighted by Gasteiger charge is -2.38. The number of halogens is 1. The van der Waals surface area contributed by atoms with Crippen LogP contribution in [0.15, 0.2) is 53.4 Å². The highest BCUT2D eigenvalue weighted by Gasteiger charge is 2.47. The van der Waals surface area contributed by atoms with Crippen molar-refractivity contribution in [3.05, 3.63) is 54.3 Å². The molecule has 1 aliphatic rings. The van der Waals surface area contributed by atoms with Crippen molar-refractivity contribution in [1.82, 2.24) is 20.4 Å². The van der Waals surface area contributed by atoms with Crippen LogP contribution in [0.5, 0.6) is 11.5 Å². The first-order valence-corrected chi connectivity index (χ1v) is 17.0. The second-order valence-electron chi connectivity index (χ2n) is 11.1. The van der Waals surface area contributed by atoms with Gasteiger partial charge < -0.3 is 39.4 Å². The second kappa shape index (κ2) is 22.8. The normalized spacial score (nSPS) is 13.6. The van der Waals surface area contributed by atoms with Gasteiger partial charge in [0.2, 0.25) is 11.8 Å². The Morgan fingerprint density at radius 2 is 1.30 bits per heavy atom. The summed E-state index contributed by atoms with van der Waals surface area (Å²) in [6, 6.07) is 12.9. The Labute approximate surface area is 294 Å². The topological polar surface area (TPSA) is 194 Å². The van der Waals surface area contributed by atoms with E-state index < -0.39 is 29.9 Å². The molecule has 17 heteroatoms. The lowest BCUT2D eigenvalue weighted by molar-refractivity contribution is -0.143. The lowest BCUT2D eigenvalue weighted by atomic mass is 9.96. The molecule has 0 heterocycles. The molecule has 0 atom stereocenters. The van der Waals surface area contributed by atoms with Gasteiger partial charge in [-0.2, -0.15) is 0 Å². The number of nitrogens with zero attached hydrogens (tertiary/aromatic N) is 1. The summed E-state index contributed by atoms with van der Waals surface area (Å²) in [5.74, 6) is -1.60. The molecular formula is C33H45FN4O11S. The van der Waals surface area contributed by atoms with Crippen molar-refractivity contribution in [3.63, 3.8) is 0 Å². The molecule has 1 saturated carbocycles. The monoisotopic (exact) mass is 724 g/mol. The lowest BCUT2D eigenvalue weighted by Crippen LogP contribution is -2.54. The fourth-order valence-electron chi connectivity index (χ4n) is 4.98. The molecule has 1 fully saturated rings. The molecule has 0 radical (unpaired) electrons. The molecule has 5 N–H and O–H groups in total. The molecule has 2 aromatic rings. The summed E-state index contributed by atoms with van der Waals surface area (Å²) in [6.07, 6.45) is 2.80. The van der Waals surface area contributed by atoms with Gasteiger partial charge in [-0.3, -0.25) is 19.6 Å². The molecule has 0 bridgehead atoms. The Kier molecular flexibility index (Phi) is 18.5. The van der Waals surface area contributed by atoms with E-state index in [0.717, 1.165) is 17.7 Å². The van der Waals surface area contributed by atoms with Crippen LogP contribution in [0.25, 0.3) is 0 Å². The van der Waals surface area contributed by atoms with Crippen molar-refractivity contribution < 1.29 is 57.6 Å². The third-order valence-corrected chi connectivity index (χ3v) is 8.64. The van der Waals surface area contributed by atoms with Crippen LogP contribution in [-0.2, 0) is 38.1 Å². The molecule has 0 aliphatic heterocycles. The summed E-state index contributed by atoms with van der Waals surface area (Å²) >= 11 is 1.33. The molecule has 0 spiro atoms. The zero-order valence-electron chi connectivity index (χ0n) is 27.7. The molecule has 0 aromatic heterocycles. The molecule has 276 valence electrons. The number of nitrogens with one attached hydrogen (secondary N) is 3. The largest absolute Gasteiger partial charge is 0.480 e. The van der Waals surface area contributed by atoms with Crippen molar-refractivity contribution in [1.29, 1.82) is 0 Å². The molecule has 50 heavy (non-hydrogen) atoms. The van der Waals surface area contributed by atoms with Crippen LogP contribution >= 0.6 is 11.9 Å². The molecule has 3 amide bonds. The molecule has 15 nitrogen and oxygen atoms in total. The third kappa shape index (κ3) is 15.0. The van der Waals surface area contributed by atoms with Crippen LogP contribution in [0.2, 0.25) is 0 Å². The van der Waals surface area contributed by atoms with Crippen molar-refractivity contribution in [2.24, 2.45) is 0 Å². The summed E-state index contributed by atoms with van der Waals surface area (Å²) in [5, 5.41) is 23.4. The summed E-state index contributed by atoms with van der Waals surface area (Å²) in [7, 11) is 0. The van der Waals surface area contributed by atoms with E-state index in [9.17, 15) is 28.8 Å². The molecule has 3 rings (SSSR count). The van der Waals surface area contributed by atoms with Crippen molar-refractivity contribution >= 4 is 35.6 Å². The Balaban J connectivity index is 1.32. The highest BCUT2D eigenvalue weighted by atomic mass is 32.2. The van der Waals surface area contributed by atoms with Crippen molar-refractivity contribution in [2.45, 2.75) is 42.5 Å². The Hall–Kier alpha value is -3.84. The van der Waals surface area contributed by atoms with Crippen LogP contribution < -0.4 is 20.9 Å². The number of ether oxygens (including phenoxy) is 5. The Morgan fingerprint density at radius 1 is 0.760 bits per heavy atom. The first-order chi connectivity index (χ1) is 24.2. The van der Waals surface area contributed by atoms with Gasteiger partial charge in [0.1, 0.15) is 36.1 Å². The van der Waals surface area contributed by atoms with Gasteiger partial charge in [0.25, 0.3) is 5.91 Å². The predicted molar refractivity (Wildman–Crippen MR) is 178 cm³/mol. The molecule has 0 saturated heterocycles. The Bertz CT molecular complexity index is 1330. The van der Waals surface area contributed by atoms with Gasteiger partial charge in [0.05, 0.1) is 39.6 Å². The highest BCUT2D eigenvalue weighted by Crippen LogP contribution is 2.42. The van der Waals surface area contributed by atoms with Gasteiger partial charge in [-0.25, -0.2) is 19.0 Å². The summed E-state index contributed by atoms with van der Waals surface area (Å²) in [5.41, 5.74) is 0.846. The summed E-state index contributed by atoms with van der Waals surface area (Å²) < 4.78 is 41.8. The van der Waals surface area contributed by atoms with Crippen LogP contribution in [0.4, 0.5) is 4.39 Å². The number of benzene rings is 2. The first kappa shape index (κ1) is 40.6. The number of hydrogen-bond acceptors (Lipinski definition) is 12. The fourth-order valence-corrected chi connectivity index (χ4v) is 6.11. The molecular weight excluding hydrogens is 679 g/mol. The van der Waals surface area contributed by atoms with Crippen molar-refractivity contribution in [2.75, 3.05) is 72.5 Å². The van der Waals surface area contributed by atoms with Crippen molar-refractivity contribution in [3.8, 4) is 11.5 Å². The minimum Gasteiger partial charge on any atom is -0.480 e. The first-order valence-electron chi connectivity index (χ1n) is 16.2. The smallest absolute Gasteiger partial charge is 0.329 e. The SMILES string of the molecule is O=C(O)COCC(=O)NCCOCCOCCOCCNC(=O)CCN(Sc1ccc(Oc2ccc(F)cc2)cc1)C1(C(=O)NO)CCCC1. The van der Waals surface area contributed by atoms with Gasteiger partial charge in [0.15, 0.2) is 0 Å². The molecule has 1 aliphatic carbocycles. The van der Waals surface area contributed by atoms with E-state index >= 15 is 0 Å². The van der Waals surface area contributed by atoms with E-state index in [1.54, 1.807) is 12.1 Å². The quantitative estimate of drug-likeness (QED) is 0.0435. The van der Waals surface area contributed by atoms with Gasteiger partial charge in [-0.1, -0.05) is 12.8 Å². The van der Waals surface area contributed by atoms with E-state index in [2.05, 4.69) is 15.4 Å². The van der Waals surface area contributed by atoms with Gasteiger partial charge in [-0.05, 0) is 73.3 Å². The third-order valence-electron chi connectivity index (χ3n) is 7.40. The summed E-state index contributed by atoms with van der Waals surface area (Å²) in [4.78, 5) is 48.2. The van der Waals surface area contributed by atoms with E-state index in [1.165, 1.54) is 36.2 Å². The number of aliphatic carboxylic acids is 1. The van der Waals surface area contributed by atoms with E-state index in [4.69, 9.17) is 24.1 Å². The van der Waals surface area contributed by atoms with Crippen LogP contribution in [0, 0.1) is 5.82 Å². The van der Waals surface area contributed by atoms with E-state index in [1.807, 2.05) is 21.9 Å². The number of rotatable bonds is 25. The number of carbonyl (C=O) groups is 4. The van der Waals surface area contributed by atoms with Crippen LogP contribution in [0.3, 0.4) is 0 Å².